The number of aliphatic imine (C=N–C) groups is 1. The van der Waals surface area contributed by atoms with E-state index in [-0.39, 0.29) is 6.61 Å². The quantitative estimate of drug-likeness (QED) is 0.383. The molecule has 1 aromatic carbocycles. The van der Waals surface area contributed by atoms with Crippen molar-refractivity contribution >= 4 is 11.6 Å². The summed E-state index contributed by atoms with van der Waals surface area (Å²) < 4.78 is 0. The Morgan fingerprint density at radius 1 is 1.26 bits per heavy atom. The van der Waals surface area contributed by atoms with Gasteiger partial charge in [0.25, 0.3) is 0 Å². The van der Waals surface area contributed by atoms with E-state index < -0.39 is 0 Å². The molecule has 0 heterocycles. The van der Waals surface area contributed by atoms with Crippen LogP contribution >= 0.6 is 0 Å². The van der Waals surface area contributed by atoms with Crippen LogP contribution in [0.1, 0.15) is 38.2 Å². The van der Waals surface area contributed by atoms with Gasteiger partial charge in [0, 0.05) is 18.8 Å². The minimum absolute atomic E-state index is 0.279. The van der Waals surface area contributed by atoms with Gasteiger partial charge in [-0.2, -0.15) is 0 Å². The summed E-state index contributed by atoms with van der Waals surface area (Å²) in [4.78, 5) is 4.29. The number of hydrogen-bond donors (Lipinski definition) is 3. The average molecular weight is 263 g/mol. The maximum absolute atomic E-state index is 8.66. The number of nitrogens with zero attached hydrogens (tertiary/aromatic N) is 1. The van der Waals surface area contributed by atoms with Gasteiger partial charge < -0.3 is 16.2 Å². The highest BCUT2D eigenvalue weighted by molar-refractivity contribution is 5.92. The number of guanidine groups is 1. The fraction of sp³-hybridized carbons (Fsp3) is 0.533. The topological polar surface area (TPSA) is 70.6 Å². The van der Waals surface area contributed by atoms with Crippen molar-refractivity contribution in [3.8, 4) is 0 Å². The molecule has 0 bridgehead atoms. The molecule has 0 aliphatic rings. The Hall–Kier alpha value is -1.55. The molecule has 1 rings (SSSR count). The van der Waals surface area contributed by atoms with E-state index in [9.17, 15) is 0 Å². The van der Waals surface area contributed by atoms with Crippen LogP contribution in [-0.4, -0.2) is 24.2 Å². The molecule has 0 atom stereocenters. The maximum atomic E-state index is 8.66. The van der Waals surface area contributed by atoms with Crippen LogP contribution in [0.15, 0.2) is 29.3 Å². The van der Waals surface area contributed by atoms with Crippen molar-refractivity contribution < 1.29 is 5.11 Å². The first-order valence-electron chi connectivity index (χ1n) is 7.03. The van der Waals surface area contributed by atoms with E-state index in [1.807, 2.05) is 12.1 Å². The molecule has 0 aromatic heterocycles. The van der Waals surface area contributed by atoms with E-state index in [1.165, 1.54) is 5.56 Å². The molecule has 0 saturated heterocycles. The summed E-state index contributed by atoms with van der Waals surface area (Å²) in [5, 5.41) is 11.8. The molecule has 0 spiro atoms. The summed E-state index contributed by atoms with van der Waals surface area (Å²) in [5.41, 5.74) is 8.10. The Labute approximate surface area is 115 Å². The maximum Gasteiger partial charge on any atom is 0.193 e. The Kier molecular flexibility index (Phi) is 7.66. The summed E-state index contributed by atoms with van der Waals surface area (Å²) in [6.07, 6.45) is 5.04. The van der Waals surface area contributed by atoms with Crippen molar-refractivity contribution in [2.24, 2.45) is 10.7 Å². The molecule has 0 aliphatic heterocycles. The number of unbranched alkanes of at least 4 members (excludes halogenated alkanes) is 3. The van der Waals surface area contributed by atoms with Gasteiger partial charge in [-0.05, 0) is 37.0 Å². The number of aliphatic hydroxyl groups excluding tert-OH is 1. The third-order valence-corrected chi connectivity index (χ3v) is 2.96. The van der Waals surface area contributed by atoms with E-state index in [0.717, 1.165) is 44.3 Å². The molecule has 0 saturated carbocycles. The molecule has 1 aromatic rings. The van der Waals surface area contributed by atoms with Gasteiger partial charge in [0.05, 0.1) is 0 Å². The smallest absolute Gasteiger partial charge is 0.193 e. The lowest BCUT2D eigenvalue weighted by molar-refractivity contribution is 0.282. The predicted molar refractivity (Wildman–Crippen MR) is 81.5 cm³/mol. The van der Waals surface area contributed by atoms with Gasteiger partial charge in [0.15, 0.2) is 5.96 Å². The van der Waals surface area contributed by atoms with Crippen molar-refractivity contribution in [3.63, 3.8) is 0 Å². The summed E-state index contributed by atoms with van der Waals surface area (Å²) in [7, 11) is 0. The second kappa shape index (κ2) is 9.39. The van der Waals surface area contributed by atoms with E-state index in [0.29, 0.717) is 5.96 Å². The fourth-order valence-electron chi connectivity index (χ4n) is 1.83. The molecular formula is C15H25N3O. The first kappa shape index (κ1) is 15.5. The zero-order chi connectivity index (χ0) is 13.9. The Bertz CT molecular complexity index is 391. The number of rotatable bonds is 8. The summed E-state index contributed by atoms with van der Waals surface area (Å²) >= 11 is 0. The second-order valence-electron chi connectivity index (χ2n) is 4.58. The fourth-order valence-corrected chi connectivity index (χ4v) is 1.83. The van der Waals surface area contributed by atoms with Gasteiger partial charge in [0.1, 0.15) is 0 Å². The van der Waals surface area contributed by atoms with Gasteiger partial charge in [-0.3, -0.25) is 4.99 Å². The molecule has 106 valence electrons. The number of aliphatic hydroxyl groups is 1. The van der Waals surface area contributed by atoms with Crippen LogP contribution in [0.3, 0.4) is 0 Å². The van der Waals surface area contributed by atoms with Gasteiger partial charge in [-0.15, -0.1) is 0 Å². The van der Waals surface area contributed by atoms with Crippen LogP contribution in [0.25, 0.3) is 0 Å². The van der Waals surface area contributed by atoms with Crippen LogP contribution in [-0.2, 0) is 6.42 Å². The van der Waals surface area contributed by atoms with Gasteiger partial charge >= 0.3 is 0 Å². The predicted octanol–water partition coefficient (Wildman–Crippen LogP) is 2.53. The number of anilines is 1. The van der Waals surface area contributed by atoms with Crippen LogP contribution in [0, 0.1) is 0 Å². The van der Waals surface area contributed by atoms with Gasteiger partial charge in [0.2, 0.25) is 0 Å². The van der Waals surface area contributed by atoms with E-state index >= 15 is 0 Å². The summed E-state index contributed by atoms with van der Waals surface area (Å²) in [6, 6.07) is 8.19. The van der Waals surface area contributed by atoms with Crippen molar-refractivity contribution in [2.45, 2.75) is 39.0 Å². The third-order valence-electron chi connectivity index (χ3n) is 2.96. The summed E-state index contributed by atoms with van der Waals surface area (Å²) in [6.45, 7) is 3.14. The van der Waals surface area contributed by atoms with Crippen molar-refractivity contribution in [2.75, 3.05) is 18.5 Å². The highest BCUT2D eigenvalue weighted by Crippen LogP contribution is 2.10. The molecule has 4 nitrogen and oxygen atoms in total. The van der Waals surface area contributed by atoms with E-state index in [1.54, 1.807) is 0 Å². The zero-order valence-corrected chi connectivity index (χ0v) is 11.7. The monoisotopic (exact) mass is 263 g/mol. The number of aryl methyl sites for hydroxylation is 1. The average Bonchev–Trinajstić information content (AvgIpc) is 2.43. The standard InChI is InChI=1S/C15H25N3O/c1-2-13-8-7-9-14(12-13)18-15(16)17-10-5-3-4-6-11-19/h7-9,12,19H,2-6,10-11H2,1H3,(H3,16,17,18). The first-order valence-corrected chi connectivity index (χ1v) is 7.03. The van der Waals surface area contributed by atoms with Crippen LogP contribution in [0.4, 0.5) is 5.69 Å². The Morgan fingerprint density at radius 3 is 2.79 bits per heavy atom. The third kappa shape index (κ3) is 6.82. The molecule has 0 fully saturated rings. The van der Waals surface area contributed by atoms with Crippen LogP contribution in [0.2, 0.25) is 0 Å². The van der Waals surface area contributed by atoms with Crippen molar-refractivity contribution in [3.05, 3.63) is 29.8 Å². The van der Waals surface area contributed by atoms with Crippen molar-refractivity contribution in [1.29, 1.82) is 0 Å². The SMILES string of the molecule is CCc1cccc(NC(N)=NCCCCCCO)c1. The largest absolute Gasteiger partial charge is 0.396 e. The van der Waals surface area contributed by atoms with Crippen molar-refractivity contribution in [1.82, 2.24) is 0 Å². The minimum Gasteiger partial charge on any atom is -0.396 e. The molecule has 0 unspecified atom stereocenters. The van der Waals surface area contributed by atoms with Gasteiger partial charge in [-0.1, -0.05) is 31.9 Å². The normalized spacial score (nSPS) is 11.6. The molecule has 4 N–H and O–H groups in total. The Morgan fingerprint density at radius 2 is 2.05 bits per heavy atom. The molecule has 0 aliphatic carbocycles. The zero-order valence-electron chi connectivity index (χ0n) is 11.7. The summed E-state index contributed by atoms with van der Waals surface area (Å²) in [5.74, 6) is 0.468. The molecule has 19 heavy (non-hydrogen) atoms. The van der Waals surface area contributed by atoms with Crippen LogP contribution < -0.4 is 11.1 Å². The highest BCUT2D eigenvalue weighted by atomic mass is 16.2. The second-order valence-corrected chi connectivity index (χ2v) is 4.58. The lowest BCUT2D eigenvalue weighted by atomic mass is 10.1. The number of benzene rings is 1. The molecule has 0 radical (unpaired) electrons. The molecular weight excluding hydrogens is 238 g/mol. The van der Waals surface area contributed by atoms with E-state index in [2.05, 4.69) is 29.4 Å². The lowest BCUT2D eigenvalue weighted by Crippen LogP contribution is -2.22. The first-order chi connectivity index (χ1) is 9.26. The molecule has 4 heteroatoms. The minimum atomic E-state index is 0.279. The Balaban J connectivity index is 2.30. The number of hydrogen-bond acceptors (Lipinski definition) is 2. The van der Waals surface area contributed by atoms with Gasteiger partial charge in [-0.25, -0.2) is 0 Å². The molecule has 0 amide bonds. The number of nitrogens with one attached hydrogen (secondary N) is 1. The lowest BCUT2D eigenvalue weighted by Gasteiger charge is -2.07. The number of nitrogens with two attached hydrogens (primary N) is 1. The van der Waals surface area contributed by atoms with Crippen LogP contribution in [0.5, 0.6) is 0 Å². The highest BCUT2D eigenvalue weighted by Gasteiger charge is 1.96. The van der Waals surface area contributed by atoms with E-state index in [4.69, 9.17) is 10.8 Å².